The third kappa shape index (κ3) is 3.68. The number of benzene rings is 1. The fourth-order valence-corrected chi connectivity index (χ4v) is 7.61. The summed E-state index contributed by atoms with van der Waals surface area (Å²) in [4.78, 5) is 30.3. The molecule has 0 spiro atoms. The highest BCUT2D eigenvalue weighted by Gasteiger charge is 2.50. The van der Waals surface area contributed by atoms with Crippen molar-refractivity contribution in [1.29, 1.82) is 0 Å². The molecule has 160 valence electrons. The molecule has 1 N–H and O–H groups in total. The molecule has 4 bridgehead atoms. The topological polar surface area (TPSA) is 64.0 Å². The lowest BCUT2D eigenvalue weighted by Crippen LogP contribution is -2.51. The largest absolute Gasteiger partial charge is 0.355 e. The number of amides is 1. The van der Waals surface area contributed by atoms with Crippen molar-refractivity contribution in [3.8, 4) is 0 Å². The van der Waals surface area contributed by atoms with Gasteiger partial charge in [0.2, 0.25) is 5.91 Å². The van der Waals surface area contributed by atoms with Gasteiger partial charge in [-0.25, -0.2) is 4.98 Å². The normalized spacial score (nSPS) is 29.6. The zero-order valence-corrected chi connectivity index (χ0v) is 18.7. The van der Waals surface area contributed by atoms with Crippen LogP contribution in [-0.4, -0.2) is 27.8 Å². The lowest BCUT2D eigenvalue weighted by molar-refractivity contribution is -0.120. The molecule has 4 aliphatic rings. The Kier molecular flexibility index (Phi) is 5.16. The summed E-state index contributed by atoms with van der Waals surface area (Å²) in [6.45, 7) is 4.78. The van der Waals surface area contributed by atoms with Crippen molar-refractivity contribution >= 4 is 28.6 Å². The summed E-state index contributed by atoms with van der Waals surface area (Å²) < 4.78 is 1.71. The number of hydrogen-bond acceptors (Lipinski definition) is 4. The van der Waals surface area contributed by atoms with Gasteiger partial charge >= 0.3 is 0 Å². The first kappa shape index (κ1) is 20.1. The average Bonchev–Trinajstić information content (AvgIpc) is 2.69. The third-order valence-electron chi connectivity index (χ3n) is 7.45. The molecule has 0 radical (unpaired) electrons. The van der Waals surface area contributed by atoms with E-state index in [1.54, 1.807) is 4.57 Å². The molecule has 1 heterocycles. The van der Waals surface area contributed by atoms with Crippen molar-refractivity contribution < 1.29 is 4.79 Å². The Morgan fingerprint density at radius 3 is 2.43 bits per heavy atom. The van der Waals surface area contributed by atoms with Crippen LogP contribution < -0.4 is 10.9 Å². The molecule has 0 saturated heterocycles. The van der Waals surface area contributed by atoms with E-state index in [9.17, 15) is 9.59 Å². The molecule has 0 unspecified atom stereocenters. The van der Waals surface area contributed by atoms with E-state index in [2.05, 4.69) is 10.3 Å². The number of rotatable bonds is 6. The molecule has 0 aliphatic heterocycles. The second-order valence-corrected chi connectivity index (χ2v) is 11.1. The molecule has 6 rings (SSSR count). The number of nitrogens with one attached hydrogen (secondary N) is 1. The molecule has 6 heteroatoms. The maximum atomic E-state index is 12.9. The van der Waals surface area contributed by atoms with Crippen molar-refractivity contribution in [2.24, 2.45) is 23.2 Å². The van der Waals surface area contributed by atoms with Gasteiger partial charge < -0.3 is 5.32 Å². The second kappa shape index (κ2) is 7.70. The SMILES string of the molecule is CC(C)n1c(SCC(=O)NCC23CC4CC(CC(C4)C2)C3)nc2ccccc2c1=O. The van der Waals surface area contributed by atoms with Gasteiger partial charge in [-0.2, -0.15) is 0 Å². The highest BCUT2D eigenvalue weighted by Crippen LogP contribution is 2.59. The number of para-hydroxylation sites is 1. The fraction of sp³-hybridized carbons (Fsp3) is 0.625. The van der Waals surface area contributed by atoms with E-state index >= 15 is 0 Å². The van der Waals surface area contributed by atoms with E-state index < -0.39 is 0 Å². The van der Waals surface area contributed by atoms with Gasteiger partial charge in [0.1, 0.15) is 0 Å². The van der Waals surface area contributed by atoms with Crippen LogP contribution in [0.3, 0.4) is 0 Å². The van der Waals surface area contributed by atoms with E-state index in [4.69, 9.17) is 0 Å². The molecular weight excluding hydrogens is 394 g/mol. The summed E-state index contributed by atoms with van der Waals surface area (Å²) in [5.41, 5.74) is 0.999. The molecule has 5 nitrogen and oxygen atoms in total. The van der Waals surface area contributed by atoms with Gasteiger partial charge in [-0.05, 0) is 87.7 Å². The van der Waals surface area contributed by atoms with Gasteiger partial charge in [-0.3, -0.25) is 14.2 Å². The average molecular weight is 426 g/mol. The Morgan fingerprint density at radius 2 is 1.80 bits per heavy atom. The fourth-order valence-electron chi connectivity index (χ4n) is 6.66. The number of thioether (sulfide) groups is 1. The smallest absolute Gasteiger partial charge is 0.262 e. The Morgan fingerprint density at radius 1 is 1.17 bits per heavy atom. The Balaban J connectivity index is 1.26. The Labute approximate surface area is 182 Å². The number of aromatic nitrogens is 2. The van der Waals surface area contributed by atoms with Crippen molar-refractivity contribution in [3.63, 3.8) is 0 Å². The van der Waals surface area contributed by atoms with Crippen molar-refractivity contribution in [1.82, 2.24) is 14.9 Å². The van der Waals surface area contributed by atoms with Crippen LogP contribution in [0.4, 0.5) is 0 Å². The van der Waals surface area contributed by atoms with Crippen LogP contribution in [0, 0.1) is 23.2 Å². The molecule has 2 aromatic rings. The standard InChI is InChI=1S/C24H31N3O2S/c1-15(2)27-22(29)19-5-3-4-6-20(19)26-23(27)30-13-21(28)25-14-24-10-16-7-17(11-24)9-18(8-16)12-24/h3-6,15-18H,7-14H2,1-2H3,(H,25,28). The molecule has 4 aliphatic carbocycles. The minimum Gasteiger partial charge on any atom is -0.355 e. The molecule has 4 saturated carbocycles. The lowest BCUT2D eigenvalue weighted by Gasteiger charge is -2.56. The van der Waals surface area contributed by atoms with Crippen LogP contribution >= 0.6 is 11.8 Å². The first-order chi connectivity index (χ1) is 14.4. The molecule has 0 atom stereocenters. The summed E-state index contributed by atoms with van der Waals surface area (Å²) in [6.07, 6.45) is 8.15. The number of fused-ring (bicyclic) bond motifs is 1. The van der Waals surface area contributed by atoms with Gasteiger partial charge in [0.15, 0.2) is 5.16 Å². The summed E-state index contributed by atoms with van der Waals surface area (Å²) >= 11 is 1.37. The van der Waals surface area contributed by atoms with Crippen molar-refractivity contribution in [2.45, 2.75) is 63.6 Å². The van der Waals surface area contributed by atoms with Crippen LogP contribution in [0.2, 0.25) is 0 Å². The van der Waals surface area contributed by atoms with Crippen LogP contribution in [0.15, 0.2) is 34.2 Å². The van der Waals surface area contributed by atoms with Crippen LogP contribution in [0.5, 0.6) is 0 Å². The van der Waals surface area contributed by atoms with Gasteiger partial charge in [0, 0.05) is 12.6 Å². The molecular formula is C24H31N3O2S. The summed E-state index contributed by atoms with van der Waals surface area (Å²) in [6, 6.07) is 7.42. The third-order valence-corrected chi connectivity index (χ3v) is 8.40. The van der Waals surface area contributed by atoms with E-state index in [1.807, 2.05) is 38.1 Å². The molecule has 1 amide bonds. The van der Waals surface area contributed by atoms with Crippen molar-refractivity contribution in [2.75, 3.05) is 12.3 Å². The molecule has 4 fully saturated rings. The number of nitrogens with zero attached hydrogens (tertiary/aromatic N) is 2. The highest BCUT2D eigenvalue weighted by atomic mass is 32.2. The first-order valence-electron chi connectivity index (χ1n) is 11.3. The van der Waals surface area contributed by atoms with Gasteiger partial charge in [-0.15, -0.1) is 0 Å². The molecule has 30 heavy (non-hydrogen) atoms. The second-order valence-electron chi connectivity index (χ2n) is 10.2. The van der Waals surface area contributed by atoms with E-state index in [0.717, 1.165) is 24.3 Å². The minimum absolute atomic E-state index is 0.00723. The summed E-state index contributed by atoms with van der Waals surface area (Å²) in [5.74, 6) is 3.03. The van der Waals surface area contributed by atoms with Crippen molar-refractivity contribution in [3.05, 3.63) is 34.6 Å². The Hall–Kier alpha value is -1.82. The predicted molar refractivity (Wildman–Crippen MR) is 121 cm³/mol. The monoisotopic (exact) mass is 425 g/mol. The molecule has 1 aromatic heterocycles. The quantitative estimate of drug-likeness (QED) is 0.550. The summed E-state index contributed by atoms with van der Waals surface area (Å²) in [5, 5.41) is 4.49. The zero-order chi connectivity index (χ0) is 20.9. The highest BCUT2D eigenvalue weighted by molar-refractivity contribution is 7.99. The van der Waals surface area contributed by atoms with Crippen LogP contribution in [0.1, 0.15) is 58.4 Å². The summed E-state index contributed by atoms with van der Waals surface area (Å²) in [7, 11) is 0. The van der Waals surface area contributed by atoms with E-state index in [0.29, 0.717) is 27.2 Å². The van der Waals surface area contributed by atoms with E-state index in [-0.39, 0.29) is 17.5 Å². The Bertz CT molecular complexity index is 993. The van der Waals surface area contributed by atoms with Gasteiger partial charge in [0.25, 0.3) is 5.56 Å². The lowest BCUT2D eigenvalue weighted by atomic mass is 9.49. The molecule has 1 aromatic carbocycles. The van der Waals surface area contributed by atoms with Gasteiger partial charge in [0.05, 0.1) is 16.7 Å². The predicted octanol–water partition coefficient (Wildman–Crippen LogP) is 4.40. The number of carbonyl (C=O) groups is 1. The number of carbonyl (C=O) groups excluding carboxylic acids is 1. The van der Waals surface area contributed by atoms with Gasteiger partial charge in [-0.1, -0.05) is 23.9 Å². The van der Waals surface area contributed by atoms with Crippen LogP contribution in [0.25, 0.3) is 10.9 Å². The van der Waals surface area contributed by atoms with Crippen LogP contribution in [-0.2, 0) is 4.79 Å². The van der Waals surface area contributed by atoms with E-state index in [1.165, 1.54) is 50.3 Å². The number of hydrogen-bond donors (Lipinski definition) is 1. The zero-order valence-electron chi connectivity index (χ0n) is 17.9. The minimum atomic E-state index is -0.0351. The maximum absolute atomic E-state index is 12.9. The first-order valence-corrected chi connectivity index (χ1v) is 12.3. The maximum Gasteiger partial charge on any atom is 0.262 e.